The second kappa shape index (κ2) is 7.42. The lowest BCUT2D eigenvalue weighted by Crippen LogP contribution is -2.15. The summed E-state index contributed by atoms with van der Waals surface area (Å²) in [5.74, 6) is 0.481. The molecule has 0 heterocycles. The normalized spacial score (nSPS) is 12.4. The van der Waals surface area contributed by atoms with Crippen LogP contribution in [-0.2, 0) is 6.42 Å². The monoisotopic (exact) mass is 281 g/mol. The van der Waals surface area contributed by atoms with E-state index in [0.717, 1.165) is 19.4 Å². The summed E-state index contributed by atoms with van der Waals surface area (Å²) in [7, 11) is 0. The van der Waals surface area contributed by atoms with Crippen LogP contribution in [0.4, 0.5) is 0 Å². The van der Waals surface area contributed by atoms with Crippen molar-refractivity contribution in [2.75, 3.05) is 6.54 Å². The van der Waals surface area contributed by atoms with Crippen LogP contribution in [0.25, 0.3) is 0 Å². The maximum atomic E-state index is 6.06. The van der Waals surface area contributed by atoms with Crippen molar-refractivity contribution in [1.29, 1.82) is 0 Å². The average molecular weight is 281 g/mol. The summed E-state index contributed by atoms with van der Waals surface area (Å²) in [5, 5.41) is 0. The standard InChI is InChI=1S/C20H27N/c1-15-12-16(2)20(17(3)13-15)19(14-21)11-7-10-18-8-5-4-6-9-18/h4-6,8-9,12-13,19H,7,10-11,14,21H2,1-3H3. The molecule has 0 amide bonds. The van der Waals surface area contributed by atoms with E-state index in [4.69, 9.17) is 5.73 Å². The first kappa shape index (κ1) is 15.8. The highest BCUT2D eigenvalue weighted by Crippen LogP contribution is 2.28. The SMILES string of the molecule is Cc1cc(C)c(C(CN)CCCc2ccccc2)c(C)c1. The van der Waals surface area contributed by atoms with E-state index in [1.165, 1.54) is 34.2 Å². The van der Waals surface area contributed by atoms with Gasteiger partial charge in [0.2, 0.25) is 0 Å². The van der Waals surface area contributed by atoms with Gasteiger partial charge in [0.05, 0.1) is 0 Å². The van der Waals surface area contributed by atoms with Crippen LogP contribution < -0.4 is 5.73 Å². The Morgan fingerprint density at radius 1 is 0.952 bits per heavy atom. The Kier molecular flexibility index (Phi) is 5.58. The van der Waals surface area contributed by atoms with E-state index in [9.17, 15) is 0 Å². The first-order valence-electron chi connectivity index (χ1n) is 7.93. The van der Waals surface area contributed by atoms with Crippen LogP contribution in [0.1, 0.15) is 46.6 Å². The van der Waals surface area contributed by atoms with Crippen molar-refractivity contribution in [3.05, 3.63) is 70.3 Å². The van der Waals surface area contributed by atoms with E-state index in [-0.39, 0.29) is 0 Å². The van der Waals surface area contributed by atoms with Crippen LogP contribution in [0, 0.1) is 20.8 Å². The molecule has 0 radical (unpaired) electrons. The number of nitrogens with two attached hydrogens (primary N) is 1. The molecule has 2 N–H and O–H groups in total. The molecule has 1 nitrogen and oxygen atoms in total. The molecule has 1 unspecified atom stereocenters. The Bertz CT molecular complexity index is 549. The fourth-order valence-corrected chi connectivity index (χ4v) is 3.41. The molecule has 2 aromatic rings. The summed E-state index contributed by atoms with van der Waals surface area (Å²) in [5.41, 5.74) is 13.1. The predicted octanol–water partition coefficient (Wildman–Crippen LogP) is 4.68. The van der Waals surface area contributed by atoms with Gasteiger partial charge in [-0.15, -0.1) is 0 Å². The van der Waals surface area contributed by atoms with E-state index >= 15 is 0 Å². The summed E-state index contributed by atoms with van der Waals surface area (Å²) in [6.45, 7) is 7.33. The molecular formula is C20H27N. The number of hydrogen-bond acceptors (Lipinski definition) is 1. The van der Waals surface area contributed by atoms with Gasteiger partial charge in [-0.25, -0.2) is 0 Å². The smallest absolute Gasteiger partial charge is 0.000803 e. The molecule has 0 spiro atoms. The van der Waals surface area contributed by atoms with Crippen LogP contribution in [0.3, 0.4) is 0 Å². The third kappa shape index (κ3) is 4.18. The summed E-state index contributed by atoms with van der Waals surface area (Å²) >= 11 is 0. The average Bonchev–Trinajstić information content (AvgIpc) is 2.45. The van der Waals surface area contributed by atoms with Gasteiger partial charge in [0, 0.05) is 0 Å². The van der Waals surface area contributed by atoms with Crippen molar-refractivity contribution < 1.29 is 0 Å². The lowest BCUT2D eigenvalue weighted by molar-refractivity contribution is 0.593. The second-order valence-electron chi connectivity index (χ2n) is 6.12. The van der Waals surface area contributed by atoms with Crippen molar-refractivity contribution in [1.82, 2.24) is 0 Å². The first-order chi connectivity index (χ1) is 10.1. The van der Waals surface area contributed by atoms with E-state index in [1.54, 1.807) is 0 Å². The predicted molar refractivity (Wildman–Crippen MR) is 91.8 cm³/mol. The van der Waals surface area contributed by atoms with Gasteiger partial charge in [-0.2, -0.15) is 0 Å². The van der Waals surface area contributed by atoms with Gasteiger partial charge in [-0.3, -0.25) is 0 Å². The topological polar surface area (TPSA) is 26.0 Å². The van der Waals surface area contributed by atoms with E-state index in [2.05, 4.69) is 63.2 Å². The minimum atomic E-state index is 0.481. The minimum Gasteiger partial charge on any atom is -0.330 e. The highest BCUT2D eigenvalue weighted by molar-refractivity contribution is 5.40. The van der Waals surface area contributed by atoms with Crippen molar-refractivity contribution >= 4 is 0 Å². The zero-order chi connectivity index (χ0) is 15.2. The zero-order valence-corrected chi connectivity index (χ0v) is 13.5. The Morgan fingerprint density at radius 2 is 1.57 bits per heavy atom. The molecule has 1 heteroatoms. The molecule has 0 aliphatic carbocycles. The fraction of sp³-hybridized carbons (Fsp3) is 0.400. The number of rotatable bonds is 6. The Morgan fingerprint density at radius 3 is 2.14 bits per heavy atom. The van der Waals surface area contributed by atoms with E-state index in [1.807, 2.05) is 0 Å². The van der Waals surface area contributed by atoms with Gasteiger partial charge in [0.15, 0.2) is 0 Å². The largest absolute Gasteiger partial charge is 0.330 e. The molecule has 0 aliphatic rings. The van der Waals surface area contributed by atoms with Gasteiger partial charge >= 0.3 is 0 Å². The molecule has 0 bridgehead atoms. The van der Waals surface area contributed by atoms with Gasteiger partial charge in [0.1, 0.15) is 0 Å². The first-order valence-corrected chi connectivity index (χ1v) is 7.93. The summed E-state index contributed by atoms with van der Waals surface area (Å²) in [4.78, 5) is 0. The molecule has 0 saturated carbocycles. The summed E-state index contributed by atoms with van der Waals surface area (Å²) in [6.07, 6.45) is 3.50. The summed E-state index contributed by atoms with van der Waals surface area (Å²) < 4.78 is 0. The van der Waals surface area contributed by atoms with Crippen LogP contribution in [0.15, 0.2) is 42.5 Å². The quantitative estimate of drug-likeness (QED) is 0.817. The van der Waals surface area contributed by atoms with Crippen LogP contribution in [-0.4, -0.2) is 6.54 Å². The highest BCUT2D eigenvalue weighted by Gasteiger charge is 2.15. The molecule has 0 saturated heterocycles. The Labute approximate surface area is 129 Å². The van der Waals surface area contributed by atoms with Crippen molar-refractivity contribution in [3.8, 4) is 0 Å². The lowest BCUT2D eigenvalue weighted by atomic mass is 9.86. The van der Waals surface area contributed by atoms with Crippen molar-refractivity contribution in [2.24, 2.45) is 5.73 Å². The fourth-order valence-electron chi connectivity index (χ4n) is 3.41. The Balaban J connectivity index is 2.03. The molecule has 0 aromatic heterocycles. The molecule has 112 valence electrons. The van der Waals surface area contributed by atoms with Crippen molar-refractivity contribution in [3.63, 3.8) is 0 Å². The van der Waals surface area contributed by atoms with Gasteiger partial charge in [-0.05, 0) is 74.8 Å². The second-order valence-corrected chi connectivity index (χ2v) is 6.12. The lowest BCUT2D eigenvalue weighted by Gasteiger charge is -2.21. The maximum Gasteiger partial charge on any atom is -0.000803 e. The molecule has 2 aromatic carbocycles. The van der Waals surface area contributed by atoms with Gasteiger partial charge in [-0.1, -0.05) is 48.0 Å². The van der Waals surface area contributed by atoms with Crippen LogP contribution >= 0.6 is 0 Å². The molecule has 0 fully saturated rings. The molecule has 21 heavy (non-hydrogen) atoms. The number of benzene rings is 2. The highest BCUT2D eigenvalue weighted by atomic mass is 14.5. The van der Waals surface area contributed by atoms with Crippen molar-refractivity contribution in [2.45, 2.75) is 46.0 Å². The third-order valence-corrected chi connectivity index (χ3v) is 4.29. The van der Waals surface area contributed by atoms with E-state index in [0.29, 0.717) is 5.92 Å². The summed E-state index contributed by atoms with van der Waals surface area (Å²) in [6, 6.07) is 15.3. The molecular weight excluding hydrogens is 254 g/mol. The molecule has 2 rings (SSSR count). The number of hydrogen-bond donors (Lipinski definition) is 1. The van der Waals surface area contributed by atoms with E-state index < -0.39 is 0 Å². The Hall–Kier alpha value is -1.60. The molecule has 1 atom stereocenters. The minimum absolute atomic E-state index is 0.481. The molecule has 0 aliphatic heterocycles. The van der Waals surface area contributed by atoms with Gasteiger partial charge < -0.3 is 5.73 Å². The van der Waals surface area contributed by atoms with Crippen LogP contribution in [0.5, 0.6) is 0 Å². The third-order valence-electron chi connectivity index (χ3n) is 4.29. The number of aryl methyl sites for hydroxylation is 4. The van der Waals surface area contributed by atoms with Gasteiger partial charge in [0.25, 0.3) is 0 Å². The van der Waals surface area contributed by atoms with Crippen LogP contribution in [0.2, 0.25) is 0 Å². The maximum absolute atomic E-state index is 6.06. The zero-order valence-electron chi connectivity index (χ0n) is 13.5.